The number of halogens is 2. The number of likely N-dealkylation sites (tertiary alicyclic amines) is 2. The summed E-state index contributed by atoms with van der Waals surface area (Å²) in [6, 6.07) is 9.35. The number of piperidine rings is 2. The van der Waals surface area contributed by atoms with Crippen LogP contribution in [0.15, 0.2) is 24.3 Å². The molecule has 0 radical (unpaired) electrons. The third kappa shape index (κ3) is 9.57. The van der Waals surface area contributed by atoms with Crippen molar-refractivity contribution in [3.8, 4) is 0 Å². The topological polar surface area (TPSA) is 13.0 Å². The lowest BCUT2D eigenvalue weighted by Gasteiger charge is -2.36. The van der Waals surface area contributed by atoms with Crippen LogP contribution in [0.4, 0.5) is 0 Å². The van der Waals surface area contributed by atoms with Crippen molar-refractivity contribution in [2.24, 2.45) is 11.8 Å². The van der Waals surface area contributed by atoms with Gasteiger partial charge in [0.1, 0.15) is 0 Å². The van der Waals surface area contributed by atoms with Crippen LogP contribution in [-0.2, 0) is 13.1 Å². The molecule has 2 atom stereocenters. The molecule has 2 aliphatic rings. The quantitative estimate of drug-likeness (QED) is 0.260. The number of thiocarbonyl (C=S) groups is 2. The molecule has 0 saturated carbocycles. The molecule has 3 rings (SSSR count). The zero-order valence-electron chi connectivity index (χ0n) is 22.8. The number of nitrogens with zero attached hydrogens (tertiary/aromatic N) is 4. The molecule has 2 saturated heterocycles. The van der Waals surface area contributed by atoms with Crippen molar-refractivity contribution in [2.75, 3.05) is 52.4 Å². The fourth-order valence-corrected chi connectivity index (χ4v) is 6.56. The normalized spacial score (nSPS) is 20.7. The van der Waals surface area contributed by atoms with Crippen molar-refractivity contribution < 1.29 is 0 Å². The van der Waals surface area contributed by atoms with E-state index in [1.165, 1.54) is 59.9 Å². The van der Waals surface area contributed by atoms with Crippen molar-refractivity contribution >= 4 is 68.4 Å². The van der Waals surface area contributed by atoms with Gasteiger partial charge in [0.2, 0.25) is 0 Å². The third-order valence-corrected chi connectivity index (χ3v) is 8.88. The highest BCUT2D eigenvalue weighted by Gasteiger charge is 2.27. The van der Waals surface area contributed by atoms with Gasteiger partial charge in [-0.2, -0.15) is 0 Å². The van der Waals surface area contributed by atoms with Crippen LogP contribution in [0.5, 0.6) is 0 Å². The van der Waals surface area contributed by atoms with Crippen LogP contribution < -0.4 is 0 Å². The van der Waals surface area contributed by atoms with E-state index in [4.69, 9.17) is 24.4 Å². The van der Waals surface area contributed by atoms with Gasteiger partial charge in [0, 0.05) is 64.2 Å². The maximum absolute atomic E-state index is 5.84. The van der Waals surface area contributed by atoms with Crippen LogP contribution in [0.25, 0.3) is 0 Å². The molecule has 4 nitrogen and oxygen atoms in total. The molecule has 206 valence electrons. The number of benzene rings is 1. The van der Waals surface area contributed by atoms with E-state index >= 15 is 0 Å². The summed E-state index contributed by atoms with van der Waals surface area (Å²) in [6.07, 6.45) is 4.96. The smallest absolute Gasteiger partial charge is 0.0823 e. The number of hydrogen-bond acceptors (Lipinski definition) is 4. The zero-order chi connectivity index (χ0) is 24.5. The van der Waals surface area contributed by atoms with Crippen LogP contribution in [-0.4, -0.2) is 81.9 Å². The number of rotatable bonds is 10. The molecule has 36 heavy (non-hydrogen) atoms. The van der Waals surface area contributed by atoms with Crippen molar-refractivity contribution in [1.82, 2.24) is 19.6 Å². The Kier molecular flexibility index (Phi) is 16.4. The summed E-state index contributed by atoms with van der Waals surface area (Å²) in [5.74, 6) is 1.05. The largest absolute Gasteiger partial charge is 0.366 e. The standard InChI is InChI=1S/C28H46N4S2.2BrH/c1-5-31(6-2)27(33)25-11-9-17-29(21-25)19-23-13-15-24(16-14-23)20-30-18-10-12-26(22-30)28(34)32(7-3)8-4;;/h13-16,25-26H,5-12,17-22H2,1-4H3;2*1H. The van der Waals surface area contributed by atoms with Gasteiger partial charge in [0.05, 0.1) is 9.98 Å². The zero-order valence-corrected chi connectivity index (χ0v) is 27.8. The fourth-order valence-electron chi connectivity index (χ4n) is 5.65. The lowest BCUT2D eigenvalue weighted by atomic mass is 9.96. The second-order valence-electron chi connectivity index (χ2n) is 9.99. The number of hydrogen-bond donors (Lipinski definition) is 0. The van der Waals surface area contributed by atoms with Gasteiger partial charge >= 0.3 is 0 Å². The van der Waals surface area contributed by atoms with E-state index in [-0.39, 0.29) is 34.0 Å². The maximum atomic E-state index is 5.84. The van der Waals surface area contributed by atoms with Gasteiger partial charge in [-0.3, -0.25) is 9.80 Å². The van der Waals surface area contributed by atoms with Crippen molar-refractivity contribution in [2.45, 2.75) is 66.5 Å². The molecule has 0 aromatic heterocycles. The molecule has 0 spiro atoms. The first-order valence-corrected chi connectivity index (χ1v) is 14.4. The molecule has 2 heterocycles. The molecule has 2 fully saturated rings. The molecule has 0 aliphatic carbocycles. The molecule has 2 unspecified atom stereocenters. The molecular weight excluding hydrogens is 616 g/mol. The van der Waals surface area contributed by atoms with E-state index in [1.54, 1.807) is 0 Å². The van der Waals surface area contributed by atoms with Crippen LogP contribution in [0.3, 0.4) is 0 Å². The average molecular weight is 665 g/mol. The van der Waals surface area contributed by atoms with E-state index in [0.717, 1.165) is 52.4 Å². The Morgan fingerprint density at radius 2 is 1.03 bits per heavy atom. The van der Waals surface area contributed by atoms with E-state index in [9.17, 15) is 0 Å². The Bertz CT molecular complexity index is 719. The minimum absolute atomic E-state index is 0. The SMILES string of the molecule is Br.Br.CCN(CC)C(=S)C1CCCN(Cc2ccc(CN3CCCC(C(=S)N(CC)CC)C3)cc2)C1. The summed E-state index contributed by atoms with van der Waals surface area (Å²) < 4.78 is 0. The van der Waals surface area contributed by atoms with Gasteiger partial charge in [-0.1, -0.05) is 48.7 Å². The summed E-state index contributed by atoms with van der Waals surface area (Å²) in [5.41, 5.74) is 2.83. The Balaban J connectivity index is 0.00000324. The first-order valence-electron chi connectivity index (χ1n) is 13.6. The predicted molar refractivity (Wildman–Crippen MR) is 174 cm³/mol. The molecule has 8 heteroatoms. The van der Waals surface area contributed by atoms with Gasteiger partial charge in [-0.25, -0.2) is 0 Å². The van der Waals surface area contributed by atoms with E-state index in [0.29, 0.717) is 11.8 Å². The summed E-state index contributed by atoms with van der Waals surface area (Å²) in [6.45, 7) is 19.5. The highest BCUT2D eigenvalue weighted by Crippen LogP contribution is 2.24. The molecule has 0 amide bonds. The first kappa shape index (κ1) is 33.9. The fraction of sp³-hybridized carbons (Fsp3) is 0.714. The van der Waals surface area contributed by atoms with Gasteiger partial charge in [0.15, 0.2) is 0 Å². The Morgan fingerprint density at radius 1 is 0.694 bits per heavy atom. The van der Waals surface area contributed by atoms with Crippen LogP contribution in [0.2, 0.25) is 0 Å². The van der Waals surface area contributed by atoms with Crippen LogP contribution in [0, 0.1) is 11.8 Å². The molecule has 2 aliphatic heterocycles. The van der Waals surface area contributed by atoms with Crippen LogP contribution >= 0.6 is 58.4 Å². The minimum atomic E-state index is 0. The first-order chi connectivity index (χ1) is 16.5. The van der Waals surface area contributed by atoms with Crippen LogP contribution in [0.1, 0.15) is 64.5 Å². The van der Waals surface area contributed by atoms with Gasteiger partial charge in [-0.05, 0) is 77.6 Å². The lowest BCUT2D eigenvalue weighted by molar-refractivity contribution is 0.189. The summed E-state index contributed by atoms with van der Waals surface area (Å²) in [7, 11) is 0. The molecule has 0 N–H and O–H groups in total. The maximum Gasteiger partial charge on any atom is 0.0823 e. The Morgan fingerprint density at radius 3 is 1.33 bits per heavy atom. The molecular formula is C28H48Br2N4S2. The molecule has 0 bridgehead atoms. The molecule has 1 aromatic rings. The summed E-state index contributed by atoms with van der Waals surface area (Å²) in [4.78, 5) is 12.3. The monoisotopic (exact) mass is 662 g/mol. The lowest BCUT2D eigenvalue weighted by Crippen LogP contribution is -2.43. The van der Waals surface area contributed by atoms with Crippen molar-refractivity contribution in [3.05, 3.63) is 35.4 Å². The average Bonchev–Trinajstić information content (AvgIpc) is 2.87. The summed E-state index contributed by atoms with van der Waals surface area (Å²) >= 11 is 11.7. The van der Waals surface area contributed by atoms with E-state index < -0.39 is 0 Å². The van der Waals surface area contributed by atoms with Gasteiger partial charge in [-0.15, -0.1) is 34.0 Å². The minimum Gasteiger partial charge on any atom is -0.366 e. The second-order valence-corrected chi connectivity index (χ2v) is 10.8. The van der Waals surface area contributed by atoms with Gasteiger partial charge < -0.3 is 9.80 Å². The molecule has 1 aromatic carbocycles. The van der Waals surface area contributed by atoms with Crippen molar-refractivity contribution in [3.63, 3.8) is 0 Å². The van der Waals surface area contributed by atoms with Crippen molar-refractivity contribution in [1.29, 1.82) is 0 Å². The van der Waals surface area contributed by atoms with E-state index in [2.05, 4.69) is 71.6 Å². The second kappa shape index (κ2) is 17.5. The Hall–Kier alpha value is -0.120. The highest BCUT2D eigenvalue weighted by molar-refractivity contribution is 8.93. The third-order valence-electron chi connectivity index (χ3n) is 7.70. The Labute approximate surface area is 252 Å². The summed E-state index contributed by atoms with van der Waals surface area (Å²) in [5, 5.41) is 0. The predicted octanol–water partition coefficient (Wildman–Crippen LogP) is 6.60. The van der Waals surface area contributed by atoms with E-state index in [1.807, 2.05) is 0 Å². The van der Waals surface area contributed by atoms with Gasteiger partial charge in [0.25, 0.3) is 0 Å². The highest BCUT2D eigenvalue weighted by atomic mass is 79.9.